The van der Waals surface area contributed by atoms with E-state index in [4.69, 9.17) is 0 Å². The van der Waals surface area contributed by atoms with Crippen molar-refractivity contribution < 1.29 is 5.11 Å². The average molecular weight is 334 g/mol. The molecule has 1 N–H and O–H groups in total. The minimum Gasteiger partial charge on any atom is -0.386 e. The monoisotopic (exact) mass is 333 g/mol. The molecule has 1 aromatic heterocycles. The highest BCUT2D eigenvalue weighted by Gasteiger charge is 2.41. The third-order valence-corrected chi connectivity index (χ3v) is 5.94. The summed E-state index contributed by atoms with van der Waals surface area (Å²) in [5.41, 5.74) is -0.156. The van der Waals surface area contributed by atoms with Gasteiger partial charge in [-0.15, -0.1) is 11.3 Å². The molecule has 0 bridgehead atoms. The smallest absolute Gasteiger partial charge is 0.108 e. The average Bonchev–Trinajstić information content (AvgIpc) is 2.81. The van der Waals surface area contributed by atoms with Gasteiger partial charge in [-0.25, -0.2) is 0 Å². The molecule has 0 fully saturated rings. The Labute approximate surface area is 123 Å². The second-order valence-corrected chi connectivity index (χ2v) is 6.32. The van der Waals surface area contributed by atoms with Crippen LogP contribution in [0.15, 0.2) is 15.9 Å². The second-order valence-electron chi connectivity index (χ2n) is 4.52. The Morgan fingerprint density at radius 3 is 2.17 bits per heavy atom. The number of nitrogens with zero attached hydrogens (tertiary/aromatic N) is 1. The van der Waals surface area contributed by atoms with Gasteiger partial charge in [0.05, 0.1) is 5.54 Å². The number of likely N-dealkylation sites (N-methyl/N-ethyl adjacent to an activating group) is 1. The second kappa shape index (κ2) is 7.04. The van der Waals surface area contributed by atoms with Crippen molar-refractivity contribution in [1.82, 2.24) is 4.90 Å². The van der Waals surface area contributed by atoms with Crippen molar-refractivity contribution >= 4 is 27.3 Å². The maximum atomic E-state index is 10.9. The van der Waals surface area contributed by atoms with Crippen LogP contribution in [0.4, 0.5) is 0 Å². The Kier molecular flexibility index (Phi) is 6.31. The molecule has 0 radical (unpaired) electrons. The van der Waals surface area contributed by atoms with Gasteiger partial charge in [0.2, 0.25) is 0 Å². The van der Waals surface area contributed by atoms with Gasteiger partial charge in [-0.3, -0.25) is 4.90 Å². The Morgan fingerprint density at radius 2 is 1.83 bits per heavy atom. The number of hydrogen-bond acceptors (Lipinski definition) is 3. The zero-order valence-electron chi connectivity index (χ0n) is 11.7. The number of halogens is 1. The van der Waals surface area contributed by atoms with E-state index in [1.165, 1.54) is 0 Å². The number of hydrogen-bond donors (Lipinski definition) is 1. The lowest BCUT2D eigenvalue weighted by atomic mass is 9.83. The molecule has 1 heterocycles. The first-order valence-electron chi connectivity index (χ1n) is 6.73. The predicted molar refractivity (Wildman–Crippen MR) is 83.2 cm³/mol. The van der Waals surface area contributed by atoms with E-state index in [-0.39, 0.29) is 5.54 Å². The van der Waals surface area contributed by atoms with Crippen molar-refractivity contribution in [2.24, 2.45) is 0 Å². The van der Waals surface area contributed by atoms with Crippen molar-refractivity contribution in [2.45, 2.75) is 52.2 Å². The molecule has 4 heteroatoms. The fraction of sp³-hybridized carbons (Fsp3) is 0.714. The molecule has 104 valence electrons. The molecule has 0 saturated carbocycles. The zero-order valence-corrected chi connectivity index (χ0v) is 14.1. The van der Waals surface area contributed by atoms with Crippen LogP contribution >= 0.6 is 27.3 Å². The molecule has 0 spiro atoms. The van der Waals surface area contributed by atoms with Crippen molar-refractivity contribution in [3.63, 3.8) is 0 Å². The Hall–Kier alpha value is 0.100. The molecule has 0 aliphatic carbocycles. The van der Waals surface area contributed by atoms with Crippen LogP contribution in [-0.4, -0.2) is 28.6 Å². The summed E-state index contributed by atoms with van der Waals surface area (Å²) in [6, 6.07) is 2.02. The quantitative estimate of drug-likeness (QED) is 0.797. The van der Waals surface area contributed by atoms with Gasteiger partial charge in [-0.2, -0.15) is 0 Å². The maximum absolute atomic E-state index is 10.9. The minimum atomic E-state index is -0.429. The molecule has 1 atom stereocenters. The van der Waals surface area contributed by atoms with Crippen molar-refractivity contribution in [2.75, 3.05) is 13.1 Å². The van der Waals surface area contributed by atoms with E-state index in [1.54, 1.807) is 11.3 Å². The topological polar surface area (TPSA) is 23.5 Å². The lowest BCUT2D eigenvalue weighted by Gasteiger charge is -2.45. The summed E-state index contributed by atoms with van der Waals surface area (Å²) in [5.74, 6) is 0. The van der Waals surface area contributed by atoms with E-state index in [9.17, 15) is 5.11 Å². The number of aliphatic hydroxyl groups excluding tert-OH is 1. The van der Waals surface area contributed by atoms with Gasteiger partial charge in [0.1, 0.15) is 6.10 Å². The maximum Gasteiger partial charge on any atom is 0.108 e. The summed E-state index contributed by atoms with van der Waals surface area (Å²) in [7, 11) is 0. The van der Waals surface area contributed by atoms with Gasteiger partial charge in [0, 0.05) is 9.35 Å². The summed E-state index contributed by atoms with van der Waals surface area (Å²) in [5, 5.41) is 12.9. The number of rotatable bonds is 7. The third-order valence-electron chi connectivity index (χ3n) is 4.02. The molecular formula is C14H24BrNOS. The van der Waals surface area contributed by atoms with Crippen LogP contribution < -0.4 is 0 Å². The SMILES string of the molecule is CCN(CC)C(CC)(CC)C(O)c1sccc1Br. The minimum absolute atomic E-state index is 0.156. The van der Waals surface area contributed by atoms with Crippen LogP contribution in [0.1, 0.15) is 51.5 Å². The first-order valence-corrected chi connectivity index (χ1v) is 8.40. The molecule has 0 aliphatic heterocycles. The van der Waals surface area contributed by atoms with E-state index in [0.29, 0.717) is 0 Å². The molecule has 0 amide bonds. The first-order chi connectivity index (χ1) is 8.57. The van der Waals surface area contributed by atoms with Gasteiger partial charge in [0.25, 0.3) is 0 Å². The highest BCUT2D eigenvalue weighted by atomic mass is 79.9. The van der Waals surface area contributed by atoms with Crippen LogP contribution in [0, 0.1) is 0 Å². The number of aliphatic hydroxyl groups is 1. The summed E-state index contributed by atoms with van der Waals surface area (Å²) in [6.45, 7) is 10.6. The predicted octanol–water partition coefficient (Wildman–Crippen LogP) is 4.44. The molecule has 1 unspecified atom stereocenters. The van der Waals surface area contributed by atoms with Crippen LogP contribution in [-0.2, 0) is 0 Å². The molecule has 18 heavy (non-hydrogen) atoms. The highest BCUT2D eigenvalue weighted by Crippen LogP contribution is 2.41. The van der Waals surface area contributed by atoms with Crippen molar-refractivity contribution in [3.05, 3.63) is 20.8 Å². The van der Waals surface area contributed by atoms with Crippen molar-refractivity contribution in [3.8, 4) is 0 Å². The van der Waals surface area contributed by atoms with Gasteiger partial charge in [0.15, 0.2) is 0 Å². The van der Waals surface area contributed by atoms with Crippen molar-refractivity contribution in [1.29, 1.82) is 0 Å². The highest BCUT2D eigenvalue weighted by molar-refractivity contribution is 9.10. The van der Waals surface area contributed by atoms with Gasteiger partial charge in [-0.1, -0.05) is 27.7 Å². The van der Waals surface area contributed by atoms with Gasteiger partial charge >= 0.3 is 0 Å². The standard InChI is InChI=1S/C14H24BrNOS/c1-5-14(6-2,16(7-3)8-4)13(17)12-11(15)9-10-18-12/h9-10,13,17H,5-8H2,1-4H3. The normalized spacial score (nSPS) is 14.2. The largest absolute Gasteiger partial charge is 0.386 e. The van der Waals surface area contributed by atoms with Crippen LogP contribution in [0.5, 0.6) is 0 Å². The van der Waals surface area contributed by atoms with E-state index in [2.05, 4.69) is 48.5 Å². The molecule has 1 aromatic rings. The summed E-state index contributed by atoms with van der Waals surface area (Å²) < 4.78 is 1.03. The lowest BCUT2D eigenvalue weighted by molar-refractivity contribution is -0.0351. The fourth-order valence-corrected chi connectivity index (χ4v) is 4.54. The summed E-state index contributed by atoms with van der Waals surface area (Å²) >= 11 is 5.17. The number of thiophene rings is 1. The van der Waals surface area contributed by atoms with E-state index in [1.807, 2.05) is 11.4 Å². The van der Waals surface area contributed by atoms with Crippen LogP contribution in [0.3, 0.4) is 0 Å². The van der Waals surface area contributed by atoms with Crippen LogP contribution in [0.2, 0.25) is 0 Å². The molecule has 2 nitrogen and oxygen atoms in total. The Morgan fingerprint density at radius 1 is 1.28 bits per heavy atom. The van der Waals surface area contributed by atoms with Gasteiger partial charge < -0.3 is 5.11 Å². The molecular weight excluding hydrogens is 310 g/mol. The third kappa shape index (κ3) is 2.82. The van der Waals surface area contributed by atoms with E-state index in [0.717, 1.165) is 35.3 Å². The molecule has 0 aliphatic rings. The molecule has 1 rings (SSSR count). The molecule has 0 saturated heterocycles. The van der Waals surface area contributed by atoms with E-state index >= 15 is 0 Å². The van der Waals surface area contributed by atoms with E-state index < -0.39 is 6.10 Å². The summed E-state index contributed by atoms with van der Waals surface area (Å²) in [4.78, 5) is 3.44. The lowest BCUT2D eigenvalue weighted by Crippen LogP contribution is -2.52. The fourth-order valence-electron chi connectivity index (χ4n) is 2.85. The zero-order chi connectivity index (χ0) is 13.8. The Bertz CT molecular complexity index is 358. The van der Waals surface area contributed by atoms with Gasteiger partial charge in [-0.05, 0) is 53.3 Å². The summed E-state index contributed by atoms with van der Waals surface area (Å²) in [6.07, 6.45) is 1.48. The molecule has 0 aromatic carbocycles. The van der Waals surface area contributed by atoms with Crippen LogP contribution in [0.25, 0.3) is 0 Å². The first kappa shape index (κ1) is 16.2. The Balaban J connectivity index is 3.15.